The Hall–Kier alpha value is -2.43. The van der Waals surface area contributed by atoms with Crippen molar-refractivity contribution in [3.63, 3.8) is 0 Å². The summed E-state index contributed by atoms with van der Waals surface area (Å²) in [6.07, 6.45) is 5.50. The third kappa shape index (κ3) is 3.07. The van der Waals surface area contributed by atoms with Gasteiger partial charge < -0.3 is 4.74 Å². The van der Waals surface area contributed by atoms with E-state index in [9.17, 15) is 0 Å². The monoisotopic (exact) mass is 256 g/mol. The van der Waals surface area contributed by atoms with Crippen LogP contribution in [0.3, 0.4) is 0 Å². The smallest absolute Gasteiger partial charge is 0.151 e. The minimum absolute atomic E-state index is 0.763. The van der Waals surface area contributed by atoms with E-state index in [2.05, 4.69) is 15.3 Å². The summed E-state index contributed by atoms with van der Waals surface area (Å²) in [6, 6.07) is 7.81. The van der Waals surface area contributed by atoms with Crippen LogP contribution in [0.15, 0.2) is 35.4 Å². The molecule has 0 saturated heterocycles. The van der Waals surface area contributed by atoms with Crippen LogP contribution in [0.2, 0.25) is 0 Å². The SMILES string of the molecule is COc1ccccc1C=CC=Nn1c(C)nnc1C. The predicted octanol–water partition coefficient (Wildman–Crippen LogP) is 2.45. The molecule has 1 aromatic heterocycles. The fourth-order valence-corrected chi connectivity index (χ4v) is 1.69. The summed E-state index contributed by atoms with van der Waals surface area (Å²) in [5.74, 6) is 2.36. The van der Waals surface area contributed by atoms with Crippen molar-refractivity contribution in [2.75, 3.05) is 7.11 Å². The van der Waals surface area contributed by atoms with Gasteiger partial charge in [0.2, 0.25) is 0 Å². The highest BCUT2D eigenvalue weighted by Crippen LogP contribution is 2.18. The van der Waals surface area contributed by atoms with Crippen molar-refractivity contribution in [2.45, 2.75) is 13.8 Å². The molecule has 0 fully saturated rings. The Morgan fingerprint density at radius 1 is 1.16 bits per heavy atom. The maximum Gasteiger partial charge on any atom is 0.151 e. The van der Waals surface area contributed by atoms with Gasteiger partial charge in [-0.2, -0.15) is 5.10 Å². The second-order valence-electron chi connectivity index (χ2n) is 3.97. The predicted molar refractivity (Wildman–Crippen MR) is 75.4 cm³/mol. The number of rotatable bonds is 4. The normalized spacial score (nSPS) is 11.5. The molecule has 5 heteroatoms. The Kier molecular flexibility index (Phi) is 4.07. The summed E-state index contributed by atoms with van der Waals surface area (Å²) in [4.78, 5) is 0. The van der Waals surface area contributed by atoms with Crippen LogP contribution >= 0.6 is 0 Å². The summed E-state index contributed by atoms with van der Waals surface area (Å²) >= 11 is 0. The Labute approximate surface area is 112 Å². The summed E-state index contributed by atoms with van der Waals surface area (Å²) < 4.78 is 6.95. The average molecular weight is 256 g/mol. The molecule has 0 radical (unpaired) electrons. The number of hydrogen-bond acceptors (Lipinski definition) is 4. The lowest BCUT2D eigenvalue weighted by Crippen LogP contribution is -1.94. The van der Waals surface area contributed by atoms with Crippen molar-refractivity contribution in [3.05, 3.63) is 47.6 Å². The third-order valence-electron chi connectivity index (χ3n) is 2.64. The quantitative estimate of drug-likeness (QED) is 0.789. The zero-order valence-electron chi connectivity index (χ0n) is 11.2. The van der Waals surface area contributed by atoms with Gasteiger partial charge in [-0.3, -0.25) is 0 Å². The number of aryl methyl sites for hydroxylation is 2. The lowest BCUT2D eigenvalue weighted by Gasteiger charge is -2.02. The molecule has 19 heavy (non-hydrogen) atoms. The summed E-state index contributed by atoms with van der Waals surface area (Å²) in [5.41, 5.74) is 1.01. The molecular formula is C14H16N4O. The van der Waals surface area contributed by atoms with Gasteiger partial charge in [0, 0.05) is 11.8 Å². The standard InChI is InChI=1S/C14H16N4O/c1-11-16-17-12(2)18(11)15-10-6-8-13-7-4-5-9-14(13)19-3/h4-10H,1-3H3. The molecule has 0 N–H and O–H groups in total. The maximum atomic E-state index is 5.27. The minimum Gasteiger partial charge on any atom is -0.496 e. The first-order chi connectivity index (χ1) is 9.22. The van der Waals surface area contributed by atoms with Gasteiger partial charge in [-0.25, -0.2) is 4.68 Å². The molecule has 0 amide bonds. The molecule has 2 rings (SSSR count). The number of aromatic nitrogens is 3. The number of hydrogen-bond donors (Lipinski definition) is 0. The van der Waals surface area contributed by atoms with E-state index in [4.69, 9.17) is 4.74 Å². The lowest BCUT2D eigenvalue weighted by atomic mass is 10.2. The molecular weight excluding hydrogens is 240 g/mol. The van der Waals surface area contributed by atoms with Gasteiger partial charge in [0.05, 0.1) is 7.11 Å². The second kappa shape index (κ2) is 5.95. The van der Waals surface area contributed by atoms with Crippen LogP contribution in [-0.4, -0.2) is 28.2 Å². The van der Waals surface area contributed by atoms with E-state index in [0.717, 1.165) is 23.0 Å². The molecule has 0 atom stereocenters. The zero-order valence-corrected chi connectivity index (χ0v) is 11.2. The lowest BCUT2D eigenvalue weighted by molar-refractivity contribution is 0.414. The van der Waals surface area contributed by atoms with Gasteiger partial charge in [0.15, 0.2) is 11.6 Å². The fourth-order valence-electron chi connectivity index (χ4n) is 1.69. The number of allylic oxidation sites excluding steroid dienone is 1. The van der Waals surface area contributed by atoms with Crippen molar-refractivity contribution in [2.24, 2.45) is 5.10 Å². The first-order valence-electron chi connectivity index (χ1n) is 5.95. The summed E-state index contributed by atoms with van der Waals surface area (Å²) in [5, 5.41) is 12.1. The van der Waals surface area contributed by atoms with Crippen LogP contribution in [0.5, 0.6) is 5.75 Å². The first-order valence-corrected chi connectivity index (χ1v) is 5.95. The van der Waals surface area contributed by atoms with Crippen LogP contribution < -0.4 is 4.74 Å². The highest BCUT2D eigenvalue weighted by atomic mass is 16.5. The molecule has 0 bridgehead atoms. The van der Waals surface area contributed by atoms with Gasteiger partial charge in [0.1, 0.15) is 5.75 Å². The highest BCUT2D eigenvalue weighted by molar-refractivity contribution is 5.79. The molecule has 98 valence electrons. The van der Waals surface area contributed by atoms with Crippen molar-refractivity contribution < 1.29 is 4.74 Å². The van der Waals surface area contributed by atoms with Crippen LogP contribution in [0.25, 0.3) is 6.08 Å². The van der Waals surface area contributed by atoms with Gasteiger partial charge in [-0.1, -0.05) is 18.2 Å². The minimum atomic E-state index is 0.763. The van der Waals surface area contributed by atoms with Gasteiger partial charge in [0.25, 0.3) is 0 Å². The average Bonchev–Trinajstić information content (AvgIpc) is 2.75. The molecule has 0 aliphatic carbocycles. The van der Waals surface area contributed by atoms with Crippen LogP contribution in [0.1, 0.15) is 17.2 Å². The van der Waals surface area contributed by atoms with Crippen molar-refractivity contribution in [1.29, 1.82) is 0 Å². The molecule has 0 aliphatic heterocycles. The van der Waals surface area contributed by atoms with Crippen molar-refractivity contribution in [3.8, 4) is 5.75 Å². The number of ether oxygens (including phenoxy) is 1. The molecule has 0 aliphatic rings. The van der Waals surface area contributed by atoms with E-state index in [1.54, 1.807) is 18.0 Å². The third-order valence-corrected chi connectivity index (χ3v) is 2.64. The Morgan fingerprint density at radius 2 is 1.84 bits per heavy atom. The van der Waals surface area contributed by atoms with Crippen LogP contribution in [0, 0.1) is 13.8 Å². The van der Waals surface area contributed by atoms with E-state index in [-0.39, 0.29) is 0 Å². The highest BCUT2D eigenvalue weighted by Gasteiger charge is 2.00. The van der Waals surface area contributed by atoms with Crippen molar-refractivity contribution >= 4 is 12.3 Å². The van der Waals surface area contributed by atoms with Crippen molar-refractivity contribution in [1.82, 2.24) is 14.9 Å². The van der Waals surface area contributed by atoms with E-state index < -0.39 is 0 Å². The molecule has 0 spiro atoms. The van der Waals surface area contributed by atoms with E-state index in [1.165, 1.54) is 0 Å². The van der Waals surface area contributed by atoms with Crippen LogP contribution in [0.4, 0.5) is 0 Å². The number of methoxy groups -OCH3 is 1. The topological polar surface area (TPSA) is 52.3 Å². The number of nitrogens with zero attached hydrogens (tertiary/aromatic N) is 4. The summed E-state index contributed by atoms with van der Waals surface area (Å²) in [7, 11) is 1.66. The maximum absolute atomic E-state index is 5.27. The molecule has 5 nitrogen and oxygen atoms in total. The molecule has 0 saturated carbocycles. The first kappa shape index (κ1) is 13.0. The van der Waals surface area contributed by atoms with E-state index >= 15 is 0 Å². The van der Waals surface area contributed by atoms with Gasteiger partial charge in [-0.15, -0.1) is 10.2 Å². The van der Waals surface area contributed by atoms with Gasteiger partial charge in [-0.05, 0) is 32.1 Å². The Bertz CT molecular complexity index is 594. The molecule has 2 aromatic rings. The van der Waals surface area contributed by atoms with Crippen LogP contribution in [-0.2, 0) is 0 Å². The largest absolute Gasteiger partial charge is 0.496 e. The fraction of sp³-hybridized carbons (Fsp3) is 0.214. The number of para-hydroxylation sites is 1. The van der Waals surface area contributed by atoms with E-state index in [1.807, 2.05) is 50.3 Å². The number of benzene rings is 1. The molecule has 0 unspecified atom stereocenters. The zero-order chi connectivity index (χ0) is 13.7. The Morgan fingerprint density at radius 3 is 2.53 bits per heavy atom. The molecule has 1 aromatic carbocycles. The summed E-state index contributed by atoms with van der Waals surface area (Å²) in [6.45, 7) is 3.72. The second-order valence-corrected chi connectivity index (χ2v) is 3.97. The Balaban J connectivity index is 2.12. The molecule has 1 heterocycles. The van der Waals surface area contributed by atoms with Gasteiger partial charge >= 0.3 is 0 Å². The van der Waals surface area contributed by atoms with E-state index in [0.29, 0.717) is 0 Å².